The molecular weight excluding hydrogens is 244 g/mol. The average molecular weight is 266 g/mol. The molecule has 1 heterocycles. The molecule has 3 rings (SSSR count). The molecule has 0 aromatic rings. The van der Waals surface area contributed by atoms with Crippen molar-refractivity contribution in [1.82, 2.24) is 0 Å². The van der Waals surface area contributed by atoms with Gasteiger partial charge in [-0.1, -0.05) is 13.8 Å². The van der Waals surface area contributed by atoms with E-state index in [0.29, 0.717) is 12.3 Å². The number of esters is 1. The molecule has 3 aliphatic rings. The van der Waals surface area contributed by atoms with Crippen molar-refractivity contribution >= 4 is 11.8 Å². The number of carbonyl (C=O) groups excluding carboxylic acids is 2. The summed E-state index contributed by atoms with van der Waals surface area (Å²) in [6.07, 6.45) is 3.11. The number of aliphatic hydroxyl groups is 1. The number of rotatable bonds is 0. The summed E-state index contributed by atoms with van der Waals surface area (Å²) < 4.78 is 5.64. The molecule has 0 amide bonds. The highest BCUT2D eigenvalue weighted by atomic mass is 16.6. The molecule has 1 N–H and O–H groups in total. The van der Waals surface area contributed by atoms with Gasteiger partial charge in [-0.2, -0.15) is 0 Å². The highest BCUT2D eigenvalue weighted by Crippen LogP contribution is 2.57. The van der Waals surface area contributed by atoms with E-state index in [1.165, 1.54) is 0 Å². The predicted molar refractivity (Wildman–Crippen MR) is 68.2 cm³/mol. The lowest BCUT2D eigenvalue weighted by atomic mass is 9.54. The van der Waals surface area contributed by atoms with Crippen LogP contribution in [0.3, 0.4) is 0 Å². The van der Waals surface area contributed by atoms with Crippen LogP contribution in [0.1, 0.15) is 46.5 Å². The Balaban J connectivity index is 2.11. The van der Waals surface area contributed by atoms with Crippen molar-refractivity contribution in [3.63, 3.8) is 0 Å². The Hall–Kier alpha value is -0.900. The largest absolute Gasteiger partial charge is 0.450 e. The maximum absolute atomic E-state index is 12.8. The Kier molecular flexibility index (Phi) is 2.63. The zero-order valence-corrected chi connectivity index (χ0v) is 11.8. The Morgan fingerprint density at radius 1 is 1.16 bits per heavy atom. The minimum absolute atomic E-state index is 0.0551. The third-order valence-corrected chi connectivity index (χ3v) is 5.75. The van der Waals surface area contributed by atoms with Crippen LogP contribution in [-0.4, -0.2) is 28.1 Å². The summed E-state index contributed by atoms with van der Waals surface area (Å²) in [4.78, 5) is 24.8. The molecule has 4 nitrogen and oxygen atoms in total. The summed E-state index contributed by atoms with van der Waals surface area (Å²) in [6.45, 7) is 5.55. The van der Waals surface area contributed by atoms with E-state index < -0.39 is 11.2 Å². The van der Waals surface area contributed by atoms with Crippen molar-refractivity contribution in [3.8, 4) is 0 Å². The third kappa shape index (κ3) is 1.49. The third-order valence-electron chi connectivity index (χ3n) is 5.75. The molecule has 4 heteroatoms. The number of ether oxygens (including phenoxy) is 1. The first-order valence-corrected chi connectivity index (χ1v) is 7.31. The molecular formula is C15H22O4. The van der Waals surface area contributed by atoms with Crippen LogP contribution in [-0.2, 0) is 14.3 Å². The van der Waals surface area contributed by atoms with E-state index in [9.17, 15) is 14.7 Å². The quantitative estimate of drug-likeness (QED) is 0.678. The average Bonchev–Trinajstić information content (AvgIpc) is 2.59. The summed E-state index contributed by atoms with van der Waals surface area (Å²) >= 11 is 0. The van der Waals surface area contributed by atoms with E-state index in [4.69, 9.17) is 4.74 Å². The first-order chi connectivity index (χ1) is 8.80. The van der Waals surface area contributed by atoms with Crippen LogP contribution in [0.4, 0.5) is 0 Å². The molecule has 0 aromatic heterocycles. The zero-order chi connectivity index (χ0) is 14.0. The van der Waals surface area contributed by atoms with Crippen molar-refractivity contribution in [2.24, 2.45) is 23.7 Å². The topological polar surface area (TPSA) is 63.6 Å². The number of Topliss-reactive ketones (excluding diaryl/α,β-unsaturated/α-hetero) is 1. The fraction of sp³-hybridized carbons (Fsp3) is 0.867. The molecule has 1 aliphatic heterocycles. The molecule has 3 fully saturated rings. The molecule has 2 saturated carbocycles. The van der Waals surface area contributed by atoms with E-state index in [1.54, 1.807) is 6.92 Å². The second-order valence-corrected chi connectivity index (χ2v) is 6.91. The fourth-order valence-corrected chi connectivity index (χ4v) is 4.61. The van der Waals surface area contributed by atoms with Crippen molar-refractivity contribution in [2.75, 3.05) is 0 Å². The second kappa shape index (κ2) is 3.81. The Morgan fingerprint density at radius 3 is 2.53 bits per heavy atom. The van der Waals surface area contributed by atoms with Crippen LogP contribution in [0.25, 0.3) is 0 Å². The molecule has 0 aromatic carbocycles. The molecule has 0 bridgehead atoms. The van der Waals surface area contributed by atoms with Gasteiger partial charge in [-0.15, -0.1) is 0 Å². The molecule has 106 valence electrons. The molecule has 1 spiro atoms. The second-order valence-electron chi connectivity index (χ2n) is 6.91. The molecule has 1 unspecified atom stereocenters. The van der Waals surface area contributed by atoms with Gasteiger partial charge >= 0.3 is 5.97 Å². The molecule has 1 saturated heterocycles. The first-order valence-electron chi connectivity index (χ1n) is 7.31. The summed E-state index contributed by atoms with van der Waals surface area (Å²) in [5.74, 6) is -0.365. The maximum Gasteiger partial charge on any atom is 0.310 e. The van der Waals surface area contributed by atoms with E-state index >= 15 is 0 Å². The van der Waals surface area contributed by atoms with Crippen molar-refractivity contribution in [3.05, 3.63) is 0 Å². The van der Waals surface area contributed by atoms with Crippen LogP contribution >= 0.6 is 0 Å². The van der Waals surface area contributed by atoms with E-state index in [-0.39, 0.29) is 29.5 Å². The number of ketones is 1. The Bertz CT molecular complexity index is 441. The van der Waals surface area contributed by atoms with Gasteiger partial charge in [0.15, 0.2) is 5.60 Å². The highest BCUT2D eigenvalue weighted by Gasteiger charge is 2.69. The first kappa shape index (κ1) is 13.1. The lowest BCUT2D eigenvalue weighted by Crippen LogP contribution is -2.65. The van der Waals surface area contributed by atoms with Gasteiger partial charge in [0, 0.05) is 11.8 Å². The van der Waals surface area contributed by atoms with Crippen LogP contribution in [0.15, 0.2) is 0 Å². The smallest absolute Gasteiger partial charge is 0.310 e. The van der Waals surface area contributed by atoms with Crippen LogP contribution < -0.4 is 0 Å². The van der Waals surface area contributed by atoms with Crippen LogP contribution in [0.5, 0.6) is 0 Å². The van der Waals surface area contributed by atoms with Crippen molar-refractivity contribution < 1.29 is 19.4 Å². The van der Waals surface area contributed by atoms with E-state index in [1.807, 2.05) is 6.92 Å². The van der Waals surface area contributed by atoms with Crippen molar-refractivity contribution in [2.45, 2.75) is 57.7 Å². The van der Waals surface area contributed by atoms with Crippen molar-refractivity contribution in [1.29, 1.82) is 0 Å². The maximum atomic E-state index is 12.8. The minimum atomic E-state index is -1.35. The summed E-state index contributed by atoms with van der Waals surface area (Å²) in [7, 11) is 0. The molecule has 19 heavy (non-hydrogen) atoms. The predicted octanol–water partition coefficient (Wildman–Crippen LogP) is 1.69. The van der Waals surface area contributed by atoms with Gasteiger partial charge in [0.2, 0.25) is 5.78 Å². The van der Waals surface area contributed by atoms with Crippen LogP contribution in [0, 0.1) is 23.7 Å². The van der Waals surface area contributed by atoms with Gasteiger partial charge in [0.25, 0.3) is 0 Å². The van der Waals surface area contributed by atoms with Gasteiger partial charge in [-0.25, -0.2) is 0 Å². The van der Waals surface area contributed by atoms with Gasteiger partial charge in [0.1, 0.15) is 5.60 Å². The lowest BCUT2D eigenvalue weighted by molar-refractivity contribution is -0.194. The van der Waals surface area contributed by atoms with Gasteiger partial charge in [0.05, 0.1) is 5.92 Å². The summed E-state index contributed by atoms with van der Waals surface area (Å²) in [5.41, 5.74) is -2.40. The lowest BCUT2D eigenvalue weighted by Gasteiger charge is -2.52. The normalized spacial score (nSPS) is 53.5. The Morgan fingerprint density at radius 2 is 1.84 bits per heavy atom. The highest BCUT2D eigenvalue weighted by molar-refractivity contribution is 5.99. The number of hydrogen-bond acceptors (Lipinski definition) is 4. The molecule has 2 aliphatic carbocycles. The monoisotopic (exact) mass is 266 g/mol. The van der Waals surface area contributed by atoms with Crippen LogP contribution in [0.2, 0.25) is 0 Å². The van der Waals surface area contributed by atoms with Gasteiger partial charge < -0.3 is 9.84 Å². The SMILES string of the molecule is C[C@@H]1CCC2[C@@H](C)C(=O)O[C@]23C(=O)[C@@](C)(O)CC[C@@H]13. The van der Waals surface area contributed by atoms with Gasteiger partial charge in [-0.3, -0.25) is 9.59 Å². The summed E-state index contributed by atoms with van der Waals surface area (Å²) in [6, 6.07) is 0. The zero-order valence-electron chi connectivity index (χ0n) is 11.8. The molecule has 6 atom stereocenters. The van der Waals surface area contributed by atoms with E-state index in [2.05, 4.69) is 6.92 Å². The standard InChI is InChI=1S/C15H22O4/c1-8-4-5-11-9(2)12(16)19-15(11)10(8)6-7-14(3,18)13(15)17/h8-11,18H,4-7H2,1-3H3/t8-,9-,10+,11?,14+,15+/m1/s1. The Labute approximate surface area is 113 Å². The van der Waals surface area contributed by atoms with Gasteiger partial charge in [-0.05, 0) is 38.5 Å². The number of carbonyl (C=O) groups is 2. The minimum Gasteiger partial charge on any atom is -0.450 e. The molecule has 0 radical (unpaired) electrons. The van der Waals surface area contributed by atoms with E-state index in [0.717, 1.165) is 19.3 Å². The number of hydrogen-bond donors (Lipinski definition) is 1. The summed E-state index contributed by atoms with van der Waals surface area (Å²) in [5, 5.41) is 10.3. The fourth-order valence-electron chi connectivity index (χ4n) is 4.61.